The molecule has 2 aromatic rings. The van der Waals surface area contributed by atoms with Crippen molar-refractivity contribution in [3.05, 3.63) is 36.0 Å². The largest absolute Gasteiger partial charge is 0.459 e. The second-order valence-electron chi connectivity index (χ2n) is 3.24. The van der Waals surface area contributed by atoms with Gasteiger partial charge >= 0.3 is 11.9 Å². The van der Waals surface area contributed by atoms with Crippen LogP contribution in [0.15, 0.2) is 34.2 Å². The lowest BCUT2D eigenvalue weighted by molar-refractivity contribution is 0.0475. The second-order valence-corrected chi connectivity index (χ2v) is 4.16. The van der Waals surface area contributed by atoms with Crippen LogP contribution in [0.25, 0.3) is 0 Å². The lowest BCUT2D eigenvalue weighted by Crippen LogP contribution is -2.04. The van der Waals surface area contributed by atoms with E-state index < -0.39 is 5.97 Å². The zero-order chi connectivity index (χ0) is 12.8. The van der Waals surface area contributed by atoms with Gasteiger partial charge in [0.1, 0.15) is 0 Å². The van der Waals surface area contributed by atoms with Crippen molar-refractivity contribution < 1.29 is 13.9 Å². The maximum absolute atomic E-state index is 11.3. The molecule has 0 aromatic carbocycles. The first kappa shape index (κ1) is 12.6. The number of nitrogens with zero attached hydrogens (tertiary/aromatic N) is 3. The number of pyridine rings is 1. The van der Waals surface area contributed by atoms with Crippen molar-refractivity contribution in [2.45, 2.75) is 17.9 Å². The number of hydrogen-bond acceptors (Lipinski definition) is 7. The first-order chi connectivity index (χ1) is 8.79. The van der Waals surface area contributed by atoms with Crippen LogP contribution in [0.3, 0.4) is 0 Å². The number of ether oxygens (including phenoxy) is 1. The van der Waals surface area contributed by atoms with E-state index in [0.717, 1.165) is 5.56 Å². The molecule has 0 bridgehead atoms. The lowest BCUT2D eigenvalue weighted by atomic mass is 10.3. The van der Waals surface area contributed by atoms with E-state index in [0.29, 0.717) is 11.0 Å². The summed E-state index contributed by atoms with van der Waals surface area (Å²) < 4.78 is 9.92. The van der Waals surface area contributed by atoms with Crippen molar-refractivity contribution in [2.24, 2.45) is 0 Å². The first-order valence-electron chi connectivity index (χ1n) is 5.32. The summed E-state index contributed by atoms with van der Waals surface area (Å²) in [7, 11) is 0. The quantitative estimate of drug-likeness (QED) is 0.603. The fourth-order valence-electron chi connectivity index (χ4n) is 1.17. The molecule has 0 amide bonds. The molecule has 2 aromatic heterocycles. The van der Waals surface area contributed by atoms with Gasteiger partial charge < -0.3 is 9.15 Å². The molecule has 6 nitrogen and oxygen atoms in total. The SMILES string of the molecule is CCOC(=O)c1nnc(SCc2ccncc2)o1. The van der Waals surface area contributed by atoms with Crippen LogP contribution in [-0.4, -0.2) is 27.8 Å². The van der Waals surface area contributed by atoms with Crippen LogP contribution in [0, 0.1) is 0 Å². The topological polar surface area (TPSA) is 78.1 Å². The zero-order valence-electron chi connectivity index (χ0n) is 9.70. The molecule has 0 aliphatic carbocycles. The van der Waals surface area contributed by atoms with Crippen molar-refractivity contribution in [1.82, 2.24) is 15.2 Å². The maximum Gasteiger partial charge on any atom is 0.396 e. The van der Waals surface area contributed by atoms with E-state index in [1.807, 2.05) is 12.1 Å². The summed E-state index contributed by atoms with van der Waals surface area (Å²) in [4.78, 5) is 15.2. The van der Waals surface area contributed by atoms with E-state index in [2.05, 4.69) is 15.2 Å². The van der Waals surface area contributed by atoms with Crippen molar-refractivity contribution in [3.63, 3.8) is 0 Å². The Kier molecular flexibility index (Phi) is 4.30. The van der Waals surface area contributed by atoms with Crippen molar-refractivity contribution >= 4 is 17.7 Å². The Bertz CT molecular complexity index is 515. The molecular formula is C11H11N3O3S. The molecule has 0 aliphatic heterocycles. The van der Waals surface area contributed by atoms with Gasteiger partial charge in [0, 0.05) is 18.1 Å². The van der Waals surface area contributed by atoms with Crippen molar-refractivity contribution in [1.29, 1.82) is 0 Å². The van der Waals surface area contributed by atoms with E-state index in [9.17, 15) is 4.79 Å². The van der Waals surface area contributed by atoms with Gasteiger partial charge in [0.25, 0.3) is 5.22 Å². The number of thioether (sulfide) groups is 1. The van der Waals surface area contributed by atoms with Gasteiger partial charge in [-0.15, -0.1) is 5.10 Å². The Hall–Kier alpha value is -1.89. The summed E-state index contributed by atoms with van der Waals surface area (Å²) in [6.45, 7) is 1.99. The second kappa shape index (κ2) is 6.15. The number of carbonyl (C=O) groups excluding carboxylic acids is 1. The minimum absolute atomic E-state index is 0.117. The molecule has 2 rings (SSSR count). The summed E-state index contributed by atoms with van der Waals surface area (Å²) in [6, 6.07) is 3.80. The van der Waals surface area contributed by atoms with Crippen molar-refractivity contribution in [3.8, 4) is 0 Å². The highest BCUT2D eigenvalue weighted by Gasteiger charge is 2.15. The van der Waals surface area contributed by atoms with Gasteiger partial charge in [-0.3, -0.25) is 4.98 Å². The lowest BCUT2D eigenvalue weighted by Gasteiger charge is -1.96. The van der Waals surface area contributed by atoms with Gasteiger partial charge in [-0.25, -0.2) is 4.79 Å². The Balaban J connectivity index is 1.93. The average molecular weight is 265 g/mol. The van der Waals surface area contributed by atoms with Gasteiger partial charge in [-0.05, 0) is 24.6 Å². The van der Waals surface area contributed by atoms with Crippen molar-refractivity contribution in [2.75, 3.05) is 6.61 Å². The molecule has 0 radical (unpaired) electrons. The molecule has 0 unspecified atom stereocenters. The van der Waals surface area contributed by atoms with Crippen LogP contribution in [0.1, 0.15) is 23.2 Å². The average Bonchev–Trinajstić information content (AvgIpc) is 2.87. The van der Waals surface area contributed by atoms with E-state index in [4.69, 9.17) is 9.15 Å². The molecule has 0 saturated carbocycles. The van der Waals surface area contributed by atoms with Crippen LogP contribution in [-0.2, 0) is 10.5 Å². The molecule has 0 saturated heterocycles. The van der Waals surface area contributed by atoms with Crippen LogP contribution < -0.4 is 0 Å². The number of aromatic nitrogens is 3. The molecule has 0 aliphatic rings. The van der Waals surface area contributed by atoms with E-state index in [1.54, 1.807) is 19.3 Å². The van der Waals surface area contributed by atoms with Gasteiger partial charge in [-0.1, -0.05) is 16.9 Å². The van der Waals surface area contributed by atoms with Crippen LogP contribution in [0.2, 0.25) is 0 Å². The van der Waals surface area contributed by atoms with Crippen LogP contribution in [0.5, 0.6) is 0 Å². The number of esters is 1. The normalized spacial score (nSPS) is 10.3. The zero-order valence-corrected chi connectivity index (χ0v) is 10.5. The van der Waals surface area contributed by atoms with Gasteiger partial charge in [-0.2, -0.15) is 0 Å². The summed E-state index contributed by atoms with van der Waals surface area (Å²) in [5, 5.41) is 7.73. The van der Waals surface area contributed by atoms with Gasteiger partial charge in [0.15, 0.2) is 0 Å². The van der Waals surface area contributed by atoms with Crippen LogP contribution >= 0.6 is 11.8 Å². The standard InChI is InChI=1S/C11H11N3O3S/c1-2-16-10(15)9-13-14-11(17-9)18-7-8-3-5-12-6-4-8/h3-6H,2,7H2,1H3. The molecule has 0 spiro atoms. The fraction of sp³-hybridized carbons (Fsp3) is 0.273. The Morgan fingerprint density at radius 3 is 2.89 bits per heavy atom. The van der Waals surface area contributed by atoms with E-state index in [1.165, 1.54) is 11.8 Å². The Morgan fingerprint density at radius 1 is 1.39 bits per heavy atom. The summed E-state index contributed by atoms with van der Waals surface area (Å²) >= 11 is 1.35. The van der Waals surface area contributed by atoms with E-state index in [-0.39, 0.29) is 12.5 Å². The molecule has 18 heavy (non-hydrogen) atoms. The molecule has 7 heteroatoms. The molecule has 94 valence electrons. The third-order valence-corrected chi connectivity index (χ3v) is 2.86. The smallest absolute Gasteiger partial charge is 0.396 e. The number of carbonyl (C=O) groups is 1. The minimum Gasteiger partial charge on any atom is -0.459 e. The third kappa shape index (κ3) is 3.30. The third-order valence-electron chi connectivity index (χ3n) is 1.97. The monoisotopic (exact) mass is 265 g/mol. The Labute approximate surface area is 108 Å². The van der Waals surface area contributed by atoms with Crippen LogP contribution in [0.4, 0.5) is 0 Å². The predicted molar refractivity (Wildman–Crippen MR) is 64.1 cm³/mol. The number of hydrogen-bond donors (Lipinski definition) is 0. The first-order valence-corrected chi connectivity index (χ1v) is 6.30. The molecule has 2 heterocycles. The van der Waals surface area contributed by atoms with E-state index >= 15 is 0 Å². The highest BCUT2D eigenvalue weighted by atomic mass is 32.2. The predicted octanol–water partition coefficient (Wildman–Crippen LogP) is 1.93. The molecule has 0 N–H and O–H groups in total. The summed E-state index contributed by atoms with van der Waals surface area (Å²) in [5.41, 5.74) is 1.09. The molecule has 0 fully saturated rings. The fourth-order valence-corrected chi connectivity index (χ4v) is 1.89. The number of rotatable bonds is 5. The van der Waals surface area contributed by atoms with Gasteiger partial charge in [0.05, 0.1) is 6.61 Å². The highest BCUT2D eigenvalue weighted by Crippen LogP contribution is 2.21. The Morgan fingerprint density at radius 2 is 2.17 bits per heavy atom. The maximum atomic E-state index is 11.3. The van der Waals surface area contributed by atoms with Gasteiger partial charge in [0.2, 0.25) is 0 Å². The minimum atomic E-state index is -0.597. The molecule has 0 atom stereocenters. The highest BCUT2D eigenvalue weighted by molar-refractivity contribution is 7.98. The summed E-state index contributed by atoms with van der Waals surface area (Å²) in [5.74, 6) is -0.0395. The molecular weight excluding hydrogens is 254 g/mol. The summed E-state index contributed by atoms with van der Waals surface area (Å²) in [6.07, 6.45) is 3.43.